The van der Waals surface area contributed by atoms with Crippen LogP contribution in [0, 0.1) is 17.7 Å². The molecule has 0 unspecified atom stereocenters. The Morgan fingerprint density at radius 1 is 1.24 bits per heavy atom. The second-order valence-electron chi connectivity index (χ2n) is 9.91. The molecule has 34 heavy (non-hydrogen) atoms. The van der Waals surface area contributed by atoms with Crippen LogP contribution < -0.4 is 10.2 Å². The first-order valence-corrected chi connectivity index (χ1v) is 12.5. The number of halogens is 2. The Balaban J connectivity index is 1.83. The molecule has 8 heteroatoms. The molecule has 3 rings (SSSR count). The highest BCUT2D eigenvalue weighted by atomic mass is 79.9. The number of nitrogens with zero attached hydrogens (tertiary/aromatic N) is 2. The van der Waals surface area contributed by atoms with Crippen LogP contribution in [-0.4, -0.2) is 35.2 Å². The zero-order valence-corrected chi connectivity index (χ0v) is 21.9. The monoisotopic (exact) mass is 533 g/mol. The molecular weight excluding hydrogens is 501 g/mol. The van der Waals surface area contributed by atoms with E-state index in [0.717, 1.165) is 22.3 Å². The first-order valence-electron chi connectivity index (χ1n) is 11.7. The highest BCUT2D eigenvalue weighted by molar-refractivity contribution is 9.10. The van der Waals surface area contributed by atoms with Crippen molar-refractivity contribution in [2.75, 3.05) is 11.4 Å². The van der Waals surface area contributed by atoms with E-state index >= 15 is 0 Å². The van der Waals surface area contributed by atoms with Crippen LogP contribution in [-0.2, 0) is 9.53 Å². The van der Waals surface area contributed by atoms with Crippen molar-refractivity contribution in [2.24, 2.45) is 11.8 Å². The van der Waals surface area contributed by atoms with Gasteiger partial charge in [0.2, 0.25) is 5.91 Å². The van der Waals surface area contributed by atoms with Gasteiger partial charge in [0.05, 0.1) is 12.2 Å². The molecule has 0 radical (unpaired) electrons. The van der Waals surface area contributed by atoms with E-state index in [4.69, 9.17) is 4.74 Å². The predicted molar refractivity (Wildman–Crippen MR) is 134 cm³/mol. The second-order valence-corrected chi connectivity index (χ2v) is 10.8. The van der Waals surface area contributed by atoms with E-state index in [1.54, 1.807) is 11.0 Å². The van der Waals surface area contributed by atoms with Gasteiger partial charge in [-0.25, -0.2) is 9.18 Å². The molecule has 1 saturated carbocycles. The summed E-state index contributed by atoms with van der Waals surface area (Å²) in [6, 6.07) is 10.3. The van der Waals surface area contributed by atoms with Crippen LogP contribution in [0.5, 0.6) is 0 Å². The van der Waals surface area contributed by atoms with E-state index in [2.05, 4.69) is 40.1 Å². The Morgan fingerprint density at radius 3 is 2.47 bits per heavy atom. The van der Waals surface area contributed by atoms with Crippen LogP contribution >= 0.6 is 15.9 Å². The molecule has 1 heterocycles. The van der Waals surface area contributed by atoms with E-state index < -0.39 is 17.5 Å². The number of ether oxygens (including phenoxy) is 1. The van der Waals surface area contributed by atoms with Crippen LogP contribution in [0.3, 0.4) is 0 Å². The Bertz CT molecular complexity index is 992. The Morgan fingerprint density at radius 2 is 1.91 bits per heavy atom. The van der Waals surface area contributed by atoms with Gasteiger partial charge in [-0.05, 0) is 69.5 Å². The predicted octanol–water partition coefficient (Wildman–Crippen LogP) is 6.06. The van der Waals surface area contributed by atoms with Crippen molar-refractivity contribution < 1.29 is 18.7 Å². The molecule has 1 aromatic carbocycles. The van der Waals surface area contributed by atoms with E-state index in [0.29, 0.717) is 13.0 Å². The average molecular weight is 534 g/mol. The van der Waals surface area contributed by atoms with Crippen molar-refractivity contribution in [3.05, 3.63) is 58.6 Å². The maximum atomic E-state index is 13.7. The second kappa shape index (κ2) is 10.8. The molecule has 1 N–H and O–H groups in total. The first-order chi connectivity index (χ1) is 16.0. The molecule has 1 aromatic heterocycles. The fourth-order valence-corrected chi connectivity index (χ4v) is 4.12. The number of hydrogen-bond donors (Lipinski definition) is 1. The Labute approximate surface area is 209 Å². The van der Waals surface area contributed by atoms with Crippen LogP contribution in [0.2, 0.25) is 0 Å². The van der Waals surface area contributed by atoms with Crippen molar-refractivity contribution in [1.29, 1.82) is 0 Å². The third-order valence-corrected chi connectivity index (χ3v) is 6.58. The van der Waals surface area contributed by atoms with Crippen LogP contribution in [0.4, 0.5) is 14.9 Å². The molecular formula is C26H33BrFN3O3. The van der Waals surface area contributed by atoms with E-state index in [1.807, 2.05) is 45.0 Å². The molecule has 1 aliphatic carbocycles. The molecule has 1 aliphatic rings. The quantitative estimate of drug-likeness (QED) is 0.447. The Hall–Kier alpha value is -2.48. The number of carbonyl (C=O) groups excluding carboxylic acids is 2. The van der Waals surface area contributed by atoms with Gasteiger partial charge in [-0.2, -0.15) is 0 Å². The molecule has 0 bridgehead atoms. The summed E-state index contributed by atoms with van der Waals surface area (Å²) in [5, 5.41) is 2.98. The zero-order chi connectivity index (χ0) is 25.0. The number of pyridine rings is 1. The van der Waals surface area contributed by atoms with Crippen molar-refractivity contribution in [3.8, 4) is 0 Å². The summed E-state index contributed by atoms with van der Waals surface area (Å²) in [5.41, 5.74) is 0.861. The summed E-state index contributed by atoms with van der Waals surface area (Å²) in [6.07, 6.45) is 2.18. The van der Waals surface area contributed by atoms with Crippen molar-refractivity contribution in [1.82, 2.24) is 10.3 Å². The lowest BCUT2D eigenvalue weighted by atomic mass is 9.98. The minimum Gasteiger partial charge on any atom is -0.444 e. The third kappa shape index (κ3) is 7.01. The van der Waals surface area contributed by atoms with E-state index in [-0.39, 0.29) is 29.7 Å². The summed E-state index contributed by atoms with van der Waals surface area (Å²) < 4.78 is 19.7. The summed E-state index contributed by atoms with van der Waals surface area (Å²) in [5.74, 6) is -0.578. The maximum absolute atomic E-state index is 13.7. The number of rotatable bonds is 8. The highest BCUT2D eigenvalue weighted by Crippen LogP contribution is 2.48. The van der Waals surface area contributed by atoms with Crippen molar-refractivity contribution >= 4 is 33.6 Å². The average Bonchev–Trinajstić information content (AvgIpc) is 3.56. The smallest absolute Gasteiger partial charge is 0.407 e. The van der Waals surface area contributed by atoms with Gasteiger partial charge < -0.3 is 15.0 Å². The van der Waals surface area contributed by atoms with Gasteiger partial charge >= 0.3 is 6.09 Å². The Kier molecular flexibility index (Phi) is 8.34. The minimum atomic E-state index is -0.616. The summed E-state index contributed by atoms with van der Waals surface area (Å²) in [4.78, 5) is 32.1. The number of anilines is 1. The van der Waals surface area contributed by atoms with Gasteiger partial charge in [0.1, 0.15) is 11.4 Å². The standard InChI is InChI=1S/C26H33BrFN3O3/c1-6-16(2)23(30-25(33)34-26(3,4)5)15-31(19-10-7-17(27)8-11-19)24(32)21-13-20(21)22-12-9-18(28)14-29-22/h7-12,14,16,20-21,23H,6,13,15H2,1-5H3,(H,30,33)/t16-,20+,21+,23+/m0/s1. The van der Waals surface area contributed by atoms with Gasteiger partial charge in [-0.1, -0.05) is 36.2 Å². The number of aromatic nitrogens is 1. The van der Waals surface area contributed by atoms with Crippen LogP contribution in [0.15, 0.2) is 47.1 Å². The lowest BCUT2D eigenvalue weighted by Gasteiger charge is -2.32. The van der Waals surface area contributed by atoms with Crippen LogP contribution in [0.1, 0.15) is 59.1 Å². The van der Waals surface area contributed by atoms with E-state index in [9.17, 15) is 14.0 Å². The molecule has 0 saturated heterocycles. The maximum Gasteiger partial charge on any atom is 0.407 e. The largest absolute Gasteiger partial charge is 0.444 e. The van der Waals surface area contributed by atoms with Gasteiger partial charge in [-0.3, -0.25) is 9.78 Å². The third-order valence-electron chi connectivity index (χ3n) is 6.05. The van der Waals surface area contributed by atoms with Gasteiger partial charge in [0.15, 0.2) is 0 Å². The van der Waals surface area contributed by atoms with E-state index in [1.165, 1.54) is 12.3 Å². The fraction of sp³-hybridized carbons (Fsp3) is 0.500. The van der Waals surface area contributed by atoms with Gasteiger partial charge in [0, 0.05) is 34.2 Å². The number of benzene rings is 1. The molecule has 6 nitrogen and oxygen atoms in total. The lowest BCUT2D eigenvalue weighted by Crippen LogP contribution is -2.50. The van der Waals surface area contributed by atoms with Gasteiger partial charge in [-0.15, -0.1) is 0 Å². The summed E-state index contributed by atoms with van der Waals surface area (Å²) in [6.45, 7) is 9.87. The molecule has 184 valence electrons. The first kappa shape index (κ1) is 26.1. The van der Waals surface area contributed by atoms with Gasteiger partial charge in [0.25, 0.3) is 0 Å². The molecule has 0 spiro atoms. The molecule has 4 atom stereocenters. The molecule has 1 fully saturated rings. The number of alkyl carbamates (subject to hydrolysis) is 1. The molecule has 2 aromatic rings. The van der Waals surface area contributed by atoms with Crippen LogP contribution in [0.25, 0.3) is 0 Å². The summed E-state index contributed by atoms with van der Waals surface area (Å²) in [7, 11) is 0. The SMILES string of the molecule is CC[C@H](C)[C@@H](CN(C(=O)[C@@H]1C[C@H]1c1ccc(F)cn1)c1ccc(Br)cc1)NC(=O)OC(C)(C)C. The van der Waals surface area contributed by atoms with Crippen molar-refractivity contribution in [2.45, 2.75) is 65.0 Å². The number of nitrogens with one attached hydrogen (secondary N) is 1. The fourth-order valence-electron chi connectivity index (χ4n) is 3.85. The van der Waals surface area contributed by atoms with Crippen molar-refractivity contribution in [3.63, 3.8) is 0 Å². The molecule has 0 aliphatic heterocycles. The highest BCUT2D eigenvalue weighted by Gasteiger charge is 2.47. The zero-order valence-electron chi connectivity index (χ0n) is 20.3. The lowest BCUT2D eigenvalue weighted by molar-refractivity contribution is -0.120. The topological polar surface area (TPSA) is 71.5 Å². The number of carbonyl (C=O) groups is 2. The number of hydrogen-bond acceptors (Lipinski definition) is 4. The molecule has 2 amide bonds. The normalized spacial score (nSPS) is 19.1. The number of amides is 2. The summed E-state index contributed by atoms with van der Waals surface area (Å²) >= 11 is 3.45. The minimum absolute atomic E-state index is 0.0299.